The van der Waals surface area contributed by atoms with E-state index in [0.29, 0.717) is 35.9 Å². The van der Waals surface area contributed by atoms with E-state index in [1.54, 1.807) is 30.3 Å². The lowest BCUT2D eigenvalue weighted by Gasteiger charge is -2.29. The number of fused-ring (bicyclic) bond motifs is 1. The molecule has 0 radical (unpaired) electrons. The molecule has 2 unspecified atom stereocenters. The van der Waals surface area contributed by atoms with Crippen LogP contribution in [0.1, 0.15) is 41.9 Å². The van der Waals surface area contributed by atoms with E-state index in [9.17, 15) is 14.7 Å². The number of ketones is 1. The van der Waals surface area contributed by atoms with Crippen molar-refractivity contribution in [2.24, 2.45) is 0 Å². The molecule has 0 saturated carbocycles. The fourth-order valence-electron chi connectivity index (χ4n) is 4.82. The fourth-order valence-corrected chi connectivity index (χ4v) is 5.19. The van der Waals surface area contributed by atoms with Gasteiger partial charge in [-0.15, -0.1) is 0 Å². The highest BCUT2D eigenvalue weighted by Crippen LogP contribution is 2.42. The lowest BCUT2D eigenvalue weighted by molar-refractivity contribution is -0.131. The number of methoxy groups -OCH3 is 1. The summed E-state index contributed by atoms with van der Waals surface area (Å²) in [4.78, 5) is 28.5. The van der Waals surface area contributed by atoms with Crippen molar-refractivity contribution in [2.75, 3.05) is 26.9 Å². The molecule has 2 aliphatic heterocycles. The van der Waals surface area contributed by atoms with Gasteiger partial charge in [-0.05, 0) is 61.7 Å². The Morgan fingerprint density at radius 1 is 1.19 bits per heavy atom. The number of Topliss-reactive ketones (excluding diaryl/α,β-unsaturated/α-hetero) is 1. The van der Waals surface area contributed by atoms with Crippen molar-refractivity contribution in [3.8, 4) is 11.5 Å². The van der Waals surface area contributed by atoms with Crippen LogP contribution in [-0.2, 0) is 9.53 Å². The van der Waals surface area contributed by atoms with Crippen molar-refractivity contribution in [2.45, 2.75) is 31.9 Å². The SMILES string of the molecule is CCOc1ccc(C2C(C(=O)c3cc4cc(Br)ccc4o3)=C(O)C(=O)N2CC2CCCO2)cc1OC. The van der Waals surface area contributed by atoms with Crippen molar-refractivity contribution in [3.05, 3.63) is 69.6 Å². The molecule has 2 aromatic carbocycles. The minimum atomic E-state index is -0.848. The number of benzene rings is 2. The molecule has 1 N–H and O–H groups in total. The highest BCUT2D eigenvalue weighted by atomic mass is 79.9. The Labute approximate surface area is 216 Å². The van der Waals surface area contributed by atoms with Crippen LogP contribution >= 0.6 is 15.9 Å². The highest BCUT2D eigenvalue weighted by Gasteiger charge is 2.45. The predicted octanol–water partition coefficient (Wildman–Crippen LogP) is 5.36. The van der Waals surface area contributed by atoms with Gasteiger partial charge in [-0.1, -0.05) is 22.0 Å². The number of amides is 1. The molecule has 5 rings (SSSR count). The number of carbonyl (C=O) groups is 2. The average Bonchev–Trinajstić information content (AvgIpc) is 3.59. The van der Waals surface area contributed by atoms with Gasteiger partial charge in [-0.25, -0.2) is 0 Å². The van der Waals surface area contributed by atoms with Crippen LogP contribution in [0.5, 0.6) is 11.5 Å². The van der Waals surface area contributed by atoms with Crippen molar-refractivity contribution >= 4 is 38.6 Å². The molecular formula is C27H26BrNO7. The molecule has 1 saturated heterocycles. The van der Waals surface area contributed by atoms with Gasteiger partial charge in [0.1, 0.15) is 5.58 Å². The molecule has 1 fully saturated rings. The first-order chi connectivity index (χ1) is 17.4. The molecular weight excluding hydrogens is 530 g/mol. The Kier molecular flexibility index (Phi) is 6.77. The molecule has 2 aliphatic rings. The van der Waals surface area contributed by atoms with Gasteiger partial charge in [0, 0.05) is 23.0 Å². The van der Waals surface area contributed by atoms with Crippen LogP contribution in [0.25, 0.3) is 11.0 Å². The van der Waals surface area contributed by atoms with E-state index in [4.69, 9.17) is 18.6 Å². The van der Waals surface area contributed by atoms with E-state index in [-0.39, 0.29) is 24.0 Å². The van der Waals surface area contributed by atoms with Crippen LogP contribution in [0.4, 0.5) is 0 Å². The summed E-state index contributed by atoms with van der Waals surface area (Å²) in [7, 11) is 1.53. The molecule has 8 nitrogen and oxygen atoms in total. The first-order valence-corrected chi connectivity index (χ1v) is 12.6. The molecule has 1 amide bonds. The monoisotopic (exact) mass is 555 g/mol. The number of hydrogen-bond acceptors (Lipinski definition) is 7. The zero-order chi connectivity index (χ0) is 25.4. The standard InChI is InChI=1S/C27H26BrNO7/c1-3-34-20-8-6-15(12-21(20)33-2)24-23(26(31)27(32)29(24)14-18-5-4-10-35-18)25(30)22-13-16-11-17(28)7-9-19(16)36-22/h6-9,11-13,18,24,31H,3-5,10,14H2,1-2H3. The van der Waals surface area contributed by atoms with E-state index in [0.717, 1.165) is 22.7 Å². The number of nitrogens with zero attached hydrogens (tertiary/aromatic N) is 1. The molecule has 2 atom stereocenters. The molecule has 36 heavy (non-hydrogen) atoms. The number of hydrogen-bond donors (Lipinski definition) is 1. The summed E-state index contributed by atoms with van der Waals surface area (Å²) in [6.07, 6.45) is 1.52. The molecule has 0 bridgehead atoms. The smallest absolute Gasteiger partial charge is 0.290 e. The lowest BCUT2D eigenvalue weighted by atomic mass is 9.94. The zero-order valence-electron chi connectivity index (χ0n) is 20.0. The largest absolute Gasteiger partial charge is 0.503 e. The third-order valence-electron chi connectivity index (χ3n) is 6.48. The van der Waals surface area contributed by atoms with Crippen LogP contribution < -0.4 is 9.47 Å². The number of furan rings is 1. The van der Waals surface area contributed by atoms with Gasteiger partial charge in [0.05, 0.1) is 31.4 Å². The summed E-state index contributed by atoms with van der Waals surface area (Å²) in [5.74, 6) is -0.712. The maximum Gasteiger partial charge on any atom is 0.290 e. The lowest BCUT2D eigenvalue weighted by Crippen LogP contribution is -2.37. The van der Waals surface area contributed by atoms with Crippen LogP contribution in [-0.4, -0.2) is 54.7 Å². The second-order valence-electron chi connectivity index (χ2n) is 8.72. The van der Waals surface area contributed by atoms with Gasteiger partial charge in [0.15, 0.2) is 23.0 Å². The second kappa shape index (κ2) is 9.99. The fraction of sp³-hybridized carbons (Fsp3) is 0.333. The van der Waals surface area contributed by atoms with E-state index in [1.165, 1.54) is 12.0 Å². The molecule has 0 spiro atoms. The Morgan fingerprint density at radius 3 is 2.75 bits per heavy atom. The first kappa shape index (κ1) is 24.4. The van der Waals surface area contributed by atoms with E-state index in [1.807, 2.05) is 19.1 Å². The molecule has 3 heterocycles. The molecule has 9 heteroatoms. The quantitative estimate of drug-likeness (QED) is 0.373. The summed E-state index contributed by atoms with van der Waals surface area (Å²) in [6, 6.07) is 11.4. The Balaban J connectivity index is 1.59. The topological polar surface area (TPSA) is 98.4 Å². The summed E-state index contributed by atoms with van der Waals surface area (Å²) >= 11 is 3.42. The van der Waals surface area contributed by atoms with Crippen LogP contribution in [0.2, 0.25) is 0 Å². The highest BCUT2D eigenvalue weighted by molar-refractivity contribution is 9.10. The molecule has 0 aliphatic carbocycles. The summed E-state index contributed by atoms with van der Waals surface area (Å²) in [6.45, 7) is 3.19. The Morgan fingerprint density at radius 2 is 2.03 bits per heavy atom. The summed E-state index contributed by atoms with van der Waals surface area (Å²) < 4.78 is 23.6. The van der Waals surface area contributed by atoms with Crippen molar-refractivity contribution in [3.63, 3.8) is 0 Å². The maximum absolute atomic E-state index is 13.8. The van der Waals surface area contributed by atoms with Crippen molar-refractivity contribution in [1.82, 2.24) is 4.90 Å². The number of aliphatic hydroxyl groups excluding tert-OH is 1. The number of carbonyl (C=O) groups excluding carboxylic acids is 2. The van der Waals surface area contributed by atoms with Gasteiger partial charge < -0.3 is 28.6 Å². The van der Waals surface area contributed by atoms with E-state index < -0.39 is 23.5 Å². The van der Waals surface area contributed by atoms with Crippen LogP contribution in [0, 0.1) is 0 Å². The minimum absolute atomic E-state index is 0.0395. The number of aliphatic hydroxyl groups is 1. The molecule has 1 aromatic heterocycles. The number of rotatable bonds is 8. The normalized spacial score (nSPS) is 20.0. The van der Waals surface area contributed by atoms with Gasteiger partial charge in [-0.2, -0.15) is 0 Å². The third-order valence-corrected chi connectivity index (χ3v) is 6.97. The second-order valence-corrected chi connectivity index (χ2v) is 9.64. The zero-order valence-corrected chi connectivity index (χ0v) is 21.5. The summed E-state index contributed by atoms with van der Waals surface area (Å²) in [5, 5.41) is 11.7. The number of ether oxygens (including phenoxy) is 3. The number of halogens is 1. The van der Waals surface area contributed by atoms with Gasteiger partial charge in [-0.3, -0.25) is 9.59 Å². The summed E-state index contributed by atoms with van der Waals surface area (Å²) in [5.41, 5.74) is 1.09. The predicted molar refractivity (Wildman–Crippen MR) is 135 cm³/mol. The molecule has 188 valence electrons. The van der Waals surface area contributed by atoms with E-state index >= 15 is 0 Å². The van der Waals surface area contributed by atoms with Crippen LogP contribution in [0.15, 0.2) is 62.7 Å². The minimum Gasteiger partial charge on any atom is -0.503 e. The first-order valence-electron chi connectivity index (χ1n) is 11.8. The van der Waals surface area contributed by atoms with Gasteiger partial charge in [0.25, 0.3) is 5.91 Å². The van der Waals surface area contributed by atoms with Gasteiger partial charge in [0.2, 0.25) is 5.78 Å². The van der Waals surface area contributed by atoms with Gasteiger partial charge >= 0.3 is 0 Å². The molecule has 3 aromatic rings. The third kappa shape index (κ3) is 4.37. The van der Waals surface area contributed by atoms with Crippen molar-refractivity contribution < 1.29 is 33.3 Å². The maximum atomic E-state index is 13.8. The Bertz CT molecular complexity index is 1360. The van der Waals surface area contributed by atoms with E-state index in [2.05, 4.69) is 15.9 Å². The Hall–Kier alpha value is -3.30. The van der Waals surface area contributed by atoms with Crippen molar-refractivity contribution in [1.29, 1.82) is 0 Å². The van der Waals surface area contributed by atoms with Crippen LogP contribution in [0.3, 0.4) is 0 Å². The average molecular weight is 556 g/mol.